The van der Waals surface area contributed by atoms with Gasteiger partial charge in [-0.15, -0.1) is 0 Å². The van der Waals surface area contributed by atoms with Crippen molar-refractivity contribution in [3.63, 3.8) is 0 Å². The first-order valence-corrected chi connectivity index (χ1v) is 14.0. The minimum absolute atomic E-state index is 0.00374. The lowest BCUT2D eigenvalue weighted by molar-refractivity contribution is -0.751. The third-order valence-electron chi connectivity index (χ3n) is 12.7. The van der Waals surface area contributed by atoms with Crippen LogP contribution in [0, 0.1) is 28.1 Å². The van der Waals surface area contributed by atoms with Gasteiger partial charge in [0, 0.05) is 24.3 Å². The summed E-state index contributed by atoms with van der Waals surface area (Å²) in [5, 5.41) is 14.1. The highest BCUT2D eigenvalue weighted by molar-refractivity contribution is 6.10. The highest BCUT2D eigenvalue weighted by Crippen LogP contribution is 2.82. The molecule has 2 saturated carbocycles. The van der Waals surface area contributed by atoms with Crippen LogP contribution in [-0.2, 0) is 11.0 Å². The van der Waals surface area contributed by atoms with Crippen molar-refractivity contribution >= 4 is 21.7 Å². The van der Waals surface area contributed by atoms with Gasteiger partial charge in [0.1, 0.15) is 0 Å². The minimum Gasteiger partial charge on any atom is -0.192 e. The normalized spacial score (nSPS) is 40.5. The quantitative estimate of drug-likeness (QED) is 0.279. The van der Waals surface area contributed by atoms with E-state index in [1.54, 1.807) is 11.1 Å². The Balaban J connectivity index is 1.69. The fourth-order valence-corrected chi connectivity index (χ4v) is 10.0. The number of rotatable bonds is 2. The van der Waals surface area contributed by atoms with Gasteiger partial charge in [-0.2, -0.15) is 9.83 Å². The van der Waals surface area contributed by atoms with Crippen molar-refractivity contribution in [3.05, 3.63) is 52.7 Å². The molecule has 5 aliphatic rings. The van der Waals surface area contributed by atoms with Gasteiger partial charge in [0.05, 0.1) is 27.8 Å². The Morgan fingerprint density at radius 3 is 2.40 bits per heavy atom. The van der Waals surface area contributed by atoms with Crippen LogP contribution in [0.1, 0.15) is 115 Å². The first-order valence-electron chi connectivity index (χ1n) is 14.0. The van der Waals surface area contributed by atoms with Gasteiger partial charge in [0.2, 0.25) is 5.52 Å². The summed E-state index contributed by atoms with van der Waals surface area (Å²) in [4.78, 5) is 0. The maximum Gasteiger partial charge on any atom is 0.221 e. The van der Waals surface area contributed by atoms with Crippen LogP contribution in [0.5, 0.6) is 0 Å². The van der Waals surface area contributed by atoms with E-state index in [4.69, 9.17) is 0 Å². The van der Waals surface area contributed by atoms with Crippen molar-refractivity contribution in [1.29, 1.82) is 5.26 Å². The van der Waals surface area contributed by atoms with E-state index in [-0.39, 0.29) is 11.0 Å². The highest BCUT2D eigenvalue weighted by atomic mass is 15.1. The van der Waals surface area contributed by atoms with Crippen molar-refractivity contribution in [2.45, 2.75) is 103 Å². The van der Waals surface area contributed by atoms with Crippen LogP contribution in [-0.4, -0.2) is 0 Å². The second-order valence-corrected chi connectivity index (χ2v) is 13.5. The molecule has 2 aromatic carbocycles. The third kappa shape index (κ3) is 2.15. The monoisotopic (exact) mass is 463 g/mol. The zero-order valence-electron chi connectivity index (χ0n) is 22.5. The van der Waals surface area contributed by atoms with Crippen LogP contribution in [0.4, 0.5) is 0 Å². The van der Waals surface area contributed by atoms with E-state index in [9.17, 15) is 5.26 Å². The lowest BCUT2D eigenvalue weighted by Gasteiger charge is -2.46. The molecule has 0 spiro atoms. The predicted molar refractivity (Wildman–Crippen MR) is 143 cm³/mol. The summed E-state index contributed by atoms with van der Waals surface area (Å²) in [7, 11) is 0. The molecule has 1 aliphatic heterocycles. The van der Waals surface area contributed by atoms with Gasteiger partial charge < -0.3 is 0 Å². The van der Waals surface area contributed by atoms with E-state index in [0.717, 1.165) is 29.7 Å². The van der Waals surface area contributed by atoms with Gasteiger partial charge in [-0.1, -0.05) is 52.8 Å². The number of nitriles is 1. The molecule has 2 fully saturated rings. The molecule has 35 heavy (non-hydrogen) atoms. The topological polar surface area (TPSA) is 27.7 Å². The Kier molecular flexibility index (Phi) is 3.92. The number of pyridine rings is 1. The number of fused-ring (bicyclic) bond motifs is 1. The first kappa shape index (κ1) is 21.8. The van der Waals surface area contributed by atoms with E-state index in [2.05, 4.69) is 89.6 Å². The molecule has 2 heteroatoms. The SMILES string of the molecule is CCC1(C)c2cccc3c(C#N)cc4c5c(c[n+](c4c23)C1(C)CC)C1CC2C(C)(CC5C)C2(C)C1. The maximum atomic E-state index is 10.3. The third-order valence-corrected chi connectivity index (χ3v) is 12.7. The number of nitrogens with zero attached hydrogens (tertiary/aromatic N) is 2. The second-order valence-electron chi connectivity index (χ2n) is 13.5. The minimum atomic E-state index is -0.0178. The van der Waals surface area contributed by atoms with E-state index < -0.39 is 0 Å². The van der Waals surface area contributed by atoms with Crippen molar-refractivity contribution in [1.82, 2.24) is 0 Å². The largest absolute Gasteiger partial charge is 0.221 e. The Labute approximate surface area is 210 Å². The summed E-state index contributed by atoms with van der Waals surface area (Å²) in [6.07, 6.45) is 8.73. The highest BCUT2D eigenvalue weighted by Gasteiger charge is 2.74. The molecule has 7 atom stereocenters. The average molecular weight is 464 g/mol. The van der Waals surface area contributed by atoms with Crippen LogP contribution >= 0.6 is 0 Å². The molecule has 3 aromatic rings. The average Bonchev–Trinajstić information content (AvgIpc) is 3.10. The molecule has 1 aromatic heterocycles. The second kappa shape index (κ2) is 6.29. The van der Waals surface area contributed by atoms with Crippen molar-refractivity contribution in [2.75, 3.05) is 0 Å². The summed E-state index contributed by atoms with van der Waals surface area (Å²) in [5.41, 5.74) is 7.80. The Morgan fingerprint density at radius 2 is 1.77 bits per heavy atom. The molecule has 0 radical (unpaired) electrons. The Morgan fingerprint density at radius 1 is 1.03 bits per heavy atom. The molecular weight excluding hydrogens is 424 g/mol. The molecular formula is C33H39N2+. The van der Waals surface area contributed by atoms with Gasteiger partial charge in [0.25, 0.3) is 0 Å². The first-order chi connectivity index (χ1) is 16.6. The summed E-state index contributed by atoms with van der Waals surface area (Å²) in [6.45, 7) is 17.3. The van der Waals surface area contributed by atoms with Crippen molar-refractivity contribution < 1.29 is 4.57 Å². The number of hydrogen-bond acceptors (Lipinski definition) is 1. The molecule has 8 rings (SSSR count). The predicted octanol–water partition coefficient (Wildman–Crippen LogP) is 7.99. The summed E-state index contributed by atoms with van der Waals surface area (Å²) in [6, 6.07) is 11.6. The fourth-order valence-electron chi connectivity index (χ4n) is 10.0. The lowest BCUT2D eigenvalue weighted by Crippen LogP contribution is -2.66. The van der Waals surface area contributed by atoms with Crippen LogP contribution < -0.4 is 4.57 Å². The van der Waals surface area contributed by atoms with Crippen LogP contribution in [0.3, 0.4) is 0 Å². The number of benzene rings is 2. The molecule has 2 nitrogen and oxygen atoms in total. The molecule has 180 valence electrons. The van der Waals surface area contributed by atoms with E-state index >= 15 is 0 Å². The number of aromatic nitrogens is 1. The Bertz CT molecular complexity index is 1510. The number of hydrogen-bond donors (Lipinski definition) is 0. The molecule has 0 N–H and O–H groups in total. The van der Waals surface area contributed by atoms with Crippen LogP contribution in [0.15, 0.2) is 30.5 Å². The zero-order valence-corrected chi connectivity index (χ0v) is 22.5. The molecule has 4 bridgehead atoms. The van der Waals surface area contributed by atoms with Gasteiger partial charge in [-0.3, -0.25) is 0 Å². The molecule has 0 saturated heterocycles. The van der Waals surface area contributed by atoms with Crippen LogP contribution in [0.2, 0.25) is 0 Å². The lowest BCUT2D eigenvalue weighted by atomic mass is 9.60. The smallest absolute Gasteiger partial charge is 0.192 e. The summed E-state index contributed by atoms with van der Waals surface area (Å²) < 4.78 is 2.71. The standard InChI is InChI=1S/C33H39N2/c1-8-30(4)25-12-10-11-22-21(17-34)13-23-27-19(3)15-31(5)26-14-20(16-32(26,31)6)24(27)18-35(29(23)28(22)25)33(30,7)9-2/h10-13,18-20,26H,8-9,14-16H2,1-7H3/q+1. The Hall–Kier alpha value is -2.40. The van der Waals surface area contributed by atoms with Gasteiger partial charge >= 0.3 is 0 Å². The summed E-state index contributed by atoms with van der Waals surface area (Å²) in [5.74, 6) is 2.04. The van der Waals surface area contributed by atoms with Gasteiger partial charge in [-0.25, -0.2) is 0 Å². The molecule has 4 aliphatic carbocycles. The van der Waals surface area contributed by atoms with Crippen molar-refractivity contribution in [2.24, 2.45) is 16.7 Å². The van der Waals surface area contributed by atoms with E-state index in [1.807, 2.05) is 0 Å². The van der Waals surface area contributed by atoms with Crippen molar-refractivity contribution in [3.8, 4) is 6.07 Å². The molecule has 7 unspecified atom stereocenters. The maximum absolute atomic E-state index is 10.3. The molecule has 2 heterocycles. The zero-order chi connectivity index (χ0) is 24.7. The van der Waals surface area contributed by atoms with E-state index in [1.165, 1.54) is 41.1 Å². The van der Waals surface area contributed by atoms with Gasteiger partial charge in [-0.05, 0) is 78.4 Å². The fraction of sp³-hybridized carbons (Fsp3) is 0.576. The molecule has 0 amide bonds. The van der Waals surface area contributed by atoms with E-state index in [0.29, 0.717) is 22.7 Å². The van der Waals surface area contributed by atoms with Crippen LogP contribution in [0.25, 0.3) is 21.7 Å². The van der Waals surface area contributed by atoms with Gasteiger partial charge in [0.15, 0.2) is 11.7 Å². The summed E-state index contributed by atoms with van der Waals surface area (Å²) >= 11 is 0.